The van der Waals surface area contributed by atoms with E-state index in [1.54, 1.807) is 0 Å². The van der Waals surface area contributed by atoms with Crippen molar-refractivity contribution in [3.05, 3.63) is 42.5 Å². The Hall–Kier alpha value is -1.12. The van der Waals surface area contributed by atoms with Gasteiger partial charge in [-0.25, -0.2) is 0 Å². The molecule has 0 unspecified atom stereocenters. The molecular formula is C23H41NO. The minimum absolute atomic E-state index is 0.828. The number of hydrogen-bond donors (Lipinski definition) is 0. The fraction of sp³-hybridized carbons (Fsp3) is 0.652. The first-order valence-electron chi connectivity index (χ1n) is 10.3. The first kappa shape index (κ1) is 23.9. The fourth-order valence-electron chi connectivity index (χ4n) is 2.57. The molecule has 25 heavy (non-hydrogen) atoms. The Kier molecular flexibility index (Phi) is 18.3. The van der Waals surface area contributed by atoms with Gasteiger partial charge >= 0.3 is 0 Å². The molecule has 1 aromatic rings. The predicted molar refractivity (Wildman–Crippen MR) is 113 cm³/mol. The highest BCUT2D eigenvalue weighted by molar-refractivity contribution is 5.45. The van der Waals surface area contributed by atoms with Gasteiger partial charge in [-0.3, -0.25) is 4.90 Å². The largest absolute Gasteiger partial charge is 0.366 e. The van der Waals surface area contributed by atoms with Gasteiger partial charge in [-0.1, -0.05) is 95.4 Å². The standard InChI is InChI=1S/C15H33NO.C8H8/c1-4-7-9-11-13-16(15-17-6-3)14-12-10-8-5-2;1-2-8-6-4-3-5-7-8/h4-15H2,1-3H3;2-7H,1H2. The van der Waals surface area contributed by atoms with Crippen LogP contribution < -0.4 is 0 Å². The van der Waals surface area contributed by atoms with Gasteiger partial charge in [-0.2, -0.15) is 0 Å². The van der Waals surface area contributed by atoms with Crippen LogP contribution in [0.5, 0.6) is 0 Å². The predicted octanol–water partition coefficient (Wildman–Crippen LogP) is 6.77. The third-order valence-electron chi connectivity index (χ3n) is 4.17. The molecule has 0 aromatic heterocycles. The van der Waals surface area contributed by atoms with Gasteiger partial charge in [0.15, 0.2) is 0 Å². The number of unbranched alkanes of at least 4 members (excludes halogenated alkanes) is 6. The molecule has 1 aromatic carbocycles. The summed E-state index contributed by atoms with van der Waals surface area (Å²) in [5.74, 6) is 0. The third kappa shape index (κ3) is 16.1. The van der Waals surface area contributed by atoms with E-state index in [1.165, 1.54) is 70.0 Å². The van der Waals surface area contributed by atoms with Crippen molar-refractivity contribution < 1.29 is 4.74 Å². The molecule has 0 aliphatic rings. The first-order valence-corrected chi connectivity index (χ1v) is 10.3. The highest BCUT2D eigenvalue weighted by Crippen LogP contribution is 2.05. The lowest BCUT2D eigenvalue weighted by molar-refractivity contribution is 0.0335. The number of rotatable bonds is 14. The summed E-state index contributed by atoms with van der Waals surface area (Å²) in [4.78, 5) is 2.48. The van der Waals surface area contributed by atoms with Crippen molar-refractivity contribution in [2.45, 2.75) is 72.1 Å². The van der Waals surface area contributed by atoms with Gasteiger partial charge in [0.1, 0.15) is 0 Å². The number of benzene rings is 1. The summed E-state index contributed by atoms with van der Waals surface area (Å²) < 4.78 is 5.54. The molecular weight excluding hydrogens is 306 g/mol. The van der Waals surface area contributed by atoms with E-state index in [9.17, 15) is 0 Å². The topological polar surface area (TPSA) is 12.5 Å². The summed E-state index contributed by atoms with van der Waals surface area (Å²) in [6.45, 7) is 14.3. The van der Waals surface area contributed by atoms with Crippen molar-refractivity contribution in [3.63, 3.8) is 0 Å². The smallest absolute Gasteiger partial charge is 0.0990 e. The van der Waals surface area contributed by atoms with E-state index in [0.717, 1.165) is 13.3 Å². The Morgan fingerprint density at radius 2 is 1.40 bits per heavy atom. The molecule has 0 saturated heterocycles. The summed E-state index contributed by atoms with van der Waals surface area (Å²) >= 11 is 0. The van der Waals surface area contributed by atoms with Gasteiger partial charge in [-0.15, -0.1) is 0 Å². The Bertz CT molecular complexity index is 365. The molecule has 0 radical (unpaired) electrons. The van der Waals surface area contributed by atoms with Gasteiger partial charge in [0.25, 0.3) is 0 Å². The highest BCUT2D eigenvalue weighted by atomic mass is 16.5. The summed E-state index contributed by atoms with van der Waals surface area (Å²) in [6.07, 6.45) is 12.6. The average molecular weight is 348 g/mol. The monoisotopic (exact) mass is 347 g/mol. The summed E-state index contributed by atoms with van der Waals surface area (Å²) in [5, 5.41) is 0. The molecule has 0 N–H and O–H groups in total. The van der Waals surface area contributed by atoms with Gasteiger partial charge in [-0.05, 0) is 25.3 Å². The number of hydrogen-bond acceptors (Lipinski definition) is 2. The lowest BCUT2D eigenvalue weighted by Crippen LogP contribution is -2.28. The quantitative estimate of drug-likeness (QED) is 0.272. The molecule has 0 fully saturated rings. The van der Waals surface area contributed by atoms with Crippen molar-refractivity contribution >= 4 is 6.08 Å². The normalized spacial score (nSPS) is 10.4. The third-order valence-corrected chi connectivity index (χ3v) is 4.17. The summed E-state index contributed by atoms with van der Waals surface area (Å²) in [7, 11) is 0. The van der Waals surface area contributed by atoms with Gasteiger partial charge in [0.2, 0.25) is 0 Å². The van der Waals surface area contributed by atoms with Crippen LogP contribution in [0.4, 0.5) is 0 Å². The Labute approximate surface area is 157 Å². The van der Waals surface area contributed by atoms with Crippen molar-refractivity contribution in [3.8, 4) is 0 Å². The second-order valence-corrected chi connectivity index (χ2v) is 6.48. The molecule has 1 rings (SSSR count). The number of nitrogens with zero attached hydrogens (tertiary/aromatic N) is 1. The molecule has 144 valence electrons. The maximum Gasteiger partial charge on any atom is 0.0990 e. The first-order chi connectivity index (χ1) is 12.3. The van der Waals surface area contributed by atoms with Crippen molar-refractivity contribution in [1.29, 1.82) is 0 Å². The number of ether oxygens (including phenoxy) is 1. The van der Waals surface area contributed by atoms with Crippen LogP contribution in [0.15, 0.2) is 36.9 Å². The van der Waals surface area contributed by atoms with E-state index in [-0.39, 0.29) is 0 Å². The summed E-state index contributed by atoms with van der Waals surface area (Å²) in [5.41, 5.74) is 1.17. The van der Waals surface area contributed by atoms with Crippen LogP contribution in [-0.4, -0.2) is 31.3 Å². The lowest BCUT2D eigenvalue weighted by Gasteiger charge is -2.21. The molecule has 0 spiro atoms. The summed E-state index contributed by atoms with van der Waals surface area (Å²) in [6, 6.07) is 10.0. The Morgan fingerprint density at radius 3 is 1.80 bits per heavy atom. The molecule has 0 atom stereocenters. The molecule has 0 aliphatic heterocycles. The van der Waals surface area contributed by atoms with Crippen LogP contribution in [-0.2, 0) is 4.74 Å². The van der Waals surface area contributed by atoms with E-state index >= 15 is 0 Å². The van der Waals surface area contributed by atoms with E-state index in [2.05, 4.69) is 32.3 Å². The second-order valence-electron chi connectivity index (χ2n) is 6.48. The lowest BCUT2D eigenvalue weighted by atomic mass is 10.2. The van der Waals surface area contributed by atoms with Crippen LogP contribution in [0.25, 0.3) is 6.08 Å². The second kappa shape index (κ2) is 19.2. The minimum Gasteiger partial charge on any atom is -0.366 e. The minimum atomic E-state index is 0.828. The zero-order valence-corrected chi connectivity index (χ0v) is 17.0. The Balaban J connectivity index is 0.000000593. The molecule has 0 heterocycles. The van der Waals surface area contributed by atoms with E-state index in [1.807, 2.05) is 36.4 Å². The van der Waals surface area contributed by atoms with E-state index in [4.69, 9.17) is 4.74 Å². The van der Waals surface area contributed by atoms with Crippen molar-refractivity contribution in [1.82, 2.24) is 4.90 Å². The van der Waals surface area contributed by atoms with Crippen LogP contribution in [0.1, 0.15) is 77.7 Å². The average Bonchev–Trinajstić information content (AvgIpc) is 2.67. The highest BCUT2D eigenvalue weighted by Gasteiger charge is 2.03. The SMILES string of the molecule is C=Cc1ccccc1.CCCCCCN(CCCCCC)COCC. The van der Waals surface area contributed by atoms with E-state index in [0.29, 0.717) is 0 Å². The molecule has 0 amide bonds. The van der Waals surface area contributed by atoms with Crippen LogP contribution >= 0.6 is 0 Å². The van der Waals surface area contributed by atoms with Crippen molar-refractivity contribution in [2.75, 3.05) is 26.4 Å². The zero-order chi connectivity index (χ0) is 18.6. The van der Waals surface area contributed by atoms with Crippen molar-refractivity contribution in [2.24, 2.45) is 0 Å². The molecule has 0 saturated carbocycles. The van der Waals surface area contributed by atoms with Gasteiger partial charge in [0.05, 0.1) is 6.73 Å². The van der Waals surface area contributed by atoms with E-state index < -0.39 is 0 Å². The molecule has 2 heteroatoms. The van der Waals surface area contributed by atoms with Gasteiger partial charge in [0, 0.05) is 19.7 Å². The molecule has 2 nitrogen and oxygen atoms in total. The van der Waals surface area contributed by atoms with Crippen LogP contribution in [0.3, 0.4) is 0 Å². The maximum absolute atomic E-state index is 5.54. The Morgan fingerprint density at radius 1 is 0.840 bits per heavy atom. The van der Waals surface area contributed by atoms with Crippen LogP contribution in [0.2, 0.25) is 0 Å². The zero-order valence-electron chi connectivity index (χ0n) is 17.0. The molecule has 0 aliphatic carbocycles. The fourth-order valence-corrected chi connectivity index (χ4v) is 2.57. The molecule has 0 bridgehead atoms. The van der Waals surface area contributed by atoms with Crippen LogP contribution in [0, 0.1) is 0 Å². The van der Waals surface area contributed by atoms with Gasteiger partial charge < -0.3 is 4.74 Å². The maximum atomic E-state index is 5.54.